The molecule has 4 nitrogen and oxygen atoms in total. The van der Waals surface area contributed by atoms with Gasteiger partial charge >= 0.3 is 0 Å². The molecule has 0 radical (unpaired) electrons. The van der Waals surface area contributed by atoms with E-state index in [0.29, 0.717) is 18.0 Å². The Bertz CT molecular complexity index is 513. The molecule has 0 heterocycles. The van der Waals surface area contributed by atoms with E-state index < -0.39 is 0 Å². The summed E-state index contributed by atoms with van der Waals surface area (Å²) in [5.74, 6) is 0.852. The number of nitrogens with two attached hydrogens (primary N) is 1. The summed E-state index contributed by atoms with van der Waals surface area (Å²) < 4.78 is 5.20. The predicted octanol–water partition coefficient (Wildman–Crippen LogP) is 2.30. The molecular weight excluding hydrogens is 284 g/mol. The average molecular weight is 306 g/mol. The molecule has 1 fully saturated rings. The van der Waals surface area contributed by atoms with Gasteiger partial charge in [-0.15, -0.1) is 0 Å². The van der Waals surface area contributed by atoms with Crippen LogP contribution in [0.1, 0.15) is 31.2 Å². The lowest BCUT2D eigenvalue weighted by Gasteiger charge is -2.28. The second-order valence-electron chi connectivity index (χ2n) is 5.45. The third-order valence-corrected chi connectivity index (χ3v) is 4.03. The maximum atomic E-state index is 12.6. The Morgan fingerprint density at radius 1 is 1.43 bits per heavy atom. The molecule has 2 rings (SSSR count). The Kier molecular flexibility index (Phi) is 5.56. The van der Waals surface area contributed by atoms with E-state index in [1.165, 1.54) is 12.8 Å². The van der Waals surface area contributed by atoms with Crippen molar-refractivity contribution < 1.29 is 9.53 Å². The minimum atomic E-state index is 0.0861. The maximum Gasteiger partial charge on any atom is 0.227 e. The van der Waals surface area contributed by atoms with E-state index in [4.69, 9.17) is 22.7 Å². The Morgan fingerprint density at radius 3 is 2.76 bits per heavy atom. The number of amides is 1. The molecule has 0 aromatic heterocycles. The number of methoxy groups -OCH3 is 1. The topological polar surface area (TPSA) is 55.6 Å². The van der Waals surface area contributed by atoms with Crippen LogP contribution in [0.5, 0.6) is 5.75 Å². The van der Waals surface area contributed by atoms with Crippen molar-refractivity contribution in [2.24, 2.45) is 5.73 Å². The number of ether oxygens (including phenoxy) is 1. The van der Waals surface area contributed by atoms with Gasteiger partial charge in [0.2, 0.25) is 5.91 Å². The highest BCUT2D eigenvalue weighted by Gasteiger charge is 2.26. The molecule has 1 amide bonds. The first-order chi connectivity index (χ1) is 10.1. The van der Waals surface area contributed by atoms with Crippen molar-refractivity contribution in [3.05, 3.63) is 29.8 Å². The van der Waals surface area contributed by atoms with Gasteiger partial charge in [0.25, 0.3) is 0 Å². The van der Waals surface area contributed by atoms with Gasteiger partial charge in [-0.2, -0.15) is 0 Å². The van der Waals surface area contributed by atoms with E-state index in [0.717, 1.165) is 24.2 Å². The molecule has 2 N–H and O–H groups in total. The van der Waals surface area contributed by atoms with Gasteiger partial charge in [0.05, 0.1) is 25.1 Å². The quantitative estimate of drug-likeness (QED) is 0.819. The van der Waals surface area contributed by atoms with Crippen molar-refractivity contribution in [3.63, 3.8) is 0 Å². The zero-order valence-electron chi connectivity index (χ0n) is 12.4. The van der Waals surface area contributed by atoms with Gasteiger partial charge in [-0.25, -0.2) is 0 Å². The number of hydrogen-bond acceptors (Lipinski definition) is 3. The summed E-state index contributed by atoms with van der Waals surface area (Å²) in [4.78, 5) is 14.8. The fourth-order valence-electron chi connectivity index (χ4n) is 2.86. The first-order valence-electron chi connectivity index (χ1n) is 7.31. The summed E-state index contributed by atoms with van der Waals surface area (Å²) in [7, 11) is 1.62. The van der Waals surface area contributed by atoms with Crippen LogP contribution in [0.25, 0.3) is 0 Å². The molecule has 5 heteroatoms. The molecule has 0 atom stereocenters. The van der Waals surface area contributed by atoms with E-state index in [2.05, 4.69) is 0 Å². The van der Waals surface area contributed by atoms with Gasteiger partial charge in [0.1, 0.15) is 5.75 Å². The fourth-order valence-corrected chi connectivity index (χ4v) is 3.00. The normalized spacial score (nSPS) is 14.9. The van der Waals surface area contributed by atoms with Crippen LogP contribution < -0.4 is 10.5 Å². The van der Waals surface area contributed by atoms with E-state index in [1.807, 2.05) is 29.2 Å². The van der Waals surface area contributed by atoms with Crippen molar-refractivity contribution in [2.75, 3.05) is 13.7 Å². The number of rotatable bonds is 6. The second kappa shape index (κ2) is 7.41. The van der Waals surface area contributed by atoms with E-state index >= 15 is 0 Å². The highest BCUT2D eigenvalue weighted by atomic mass is 32.1. The zero-order chi connectivity index (χ0) is 15.2. The molecule has 1 aromatic carbocycles. The SMILES string of the molecule is COc1cccc(CC(=O)N(CC(N)=S)C2CCCC2)c1. The lowest BCUT2D eigenvalue weighted by atomic mass is 10.1. The molecule has 0 unspecified atom stereocenters. The molecule has 0 spiro atoms. The summed E-state index contributed by atoms with van der Waals surface area (Å²) in [6, 6.07) is 7.89. The van der Waals surface area contributed by atoms with E-state index in [9.17, 15) is 4.79 Å². The molecule has 21 heavy (non-hydrogen) atoms. The van der Waals surface area contributed by atoms with Gasteiger partial charge in [-0.1, -0.05) is 37.2 Å². The summed E-state index contributed by atoms with van der Waals surface area (Å²) in [6.45, 7) is 0.378. The van der Waals surface area contributed by atoms with Crippen molar-refractivity contribution in [1.82, 2.24) is 4.90 Å². The molecule has 0 saturated heterocycles. The van der Waals surface area contributed by atoms with E-state index in [-0.39, 0.29) is 11.9 Å². The summed E-state index contributed by atoms with van der Waals surface area (Å²) in [5.41, 5.74) is 6.60. The fraction of sp³-hybridized carbons (Fsp3) is 0.500. The zero-order valence-corrected chi connectivity index (χ0v) is 13.2. The lowest BCUT2D eigenvalue weighted by molar-refractivity contribution is -0.131. The van der Waals surface area contributed by atoms with Gasteiger partial charge in [0, 0.05) is 6.04 Å². The Morgan fingerprint density at radius 2 is 2.14 bits per heavy atom. The standard InChI is InChI=1S/C16H22N2O2S/c1-20-14-8-4-5-12(9-14)10-16(19)18(11-15(17)21)13-6-2-3-7-13/h4-5,8-9,13H,2-3,6-7,10-11H2,1H3,(H2,17,21). The summed E-state index contributed by atoms with van der Waals surface area (Å²) >= 11 is 4.99. The van der Waals surface area contributed by atoms with Crippen LogP contribution in [-0.4, -0.2) is 35.5 Å². The number of hydrogen-bond donors (Lipinski definition) is 1. The first kappa shape index (κ1) is 15.8. The number of benzene rings is 1. The minimum absolute atomic E-state index is 0.0861. The van der Waals surface area contributed by atoms with Crippen LogP contribution in [-0.2, 0) is 11.2 Å². The largest absolute Gasteiger partial charge is 0.497 e. The van der Waals surface area contributed by atoms with Crippen LogP contribution >= 0.6 is 12.2 Å². The van der Waals surface area contributed by atoms with Crippen molar-refractivity contribution in [2.45, 2.75) is 38.1 Å². The summed E-state index contributed by atoms with van der Waals surface area (Å²) in [5, 5.41) is 0. The lowest BCUT2D eigenvalue weighted by Crippen LogP contribution is -2.44. The molecule has 1 aliphatic rings. The van der Waals surface area contributed by atoms with Gasteiger partial charge in [-0.3, -0.25) is 4.79 Å². The highest BCUT2D eigenvalue weighted by molar-refractivity contribution is 7.80. The Labute approximate surface area is 131 Å². The number of nitrogens with zero attached hydrogens (tertiary/aromatic N) is 1. The summed E-state index contributed by atoms with van der Waals surface area (Å²) in [6.07, 6.45) is 4.80. The van der Waals surface area contributed by atoms with Crippen LogP contribution in [0.3, 0.4) is 0 Å². The van der Waals surface area contributed by atoms with Crippen LogP contribution in [0.15, 0.2) is 24.3 Å². The molecule has 1 aromatic rings. The average Bonchev–Trinajstić information content (AvgIpc) is 2.98. The maximum absolute atomic E-state index is 12.6. The van der Waals surface area contributed by atoms with Gasteiger partial charge < -0.3 is 15.4 Å². The molecule has 1 aliphatic carbocycles. The molecule has 1 saturated carbocycles. The second-order valence-corrected chi connectivity index (χ2v) is 5.98. The van der Waals surface area contributed by atoms with E-state index in [1.54, 1.807) is 7.11 Å². The van der Waals surface area contributed by atoms with Crippen LogP contribution in [0, 0.1) is 0 Å². The molecule has 0 bridgehead atoms. The molecular formula is C16H22N2O2S. The van der Waals surface area contributed by atoms with Crippen LogP contribution in [0.2, 0.25) is 0 Å². The number of carbonyl (C=O) groups is 1. The van der Waals surface area contributed by atoms with Gasteiger partial charge in [-0.05, 0) is 30.5 Å². The number of thiocarbonyl (C=S) groups is 1. The van der Waals surface area contributed by atoms with Gasteiger partial charge in [0.15, 0.2) is 0 Å². The highest BCUT2D eigenvalue weighted by Crippen LogP contribution is 2.24. The van der Waals surface area contributed by atoms with Crippen LogP contribution in [0.4, 0.5) is 0 Å². The smallest absolute Gasteiger partial charge is 0.227 e. The third-order valence-electron chi connectivity index (χ3n) is 3.90. The van der Waals surface area contributed by atoms with Crippen molar-refractivity contribution >= 4 is 23.1 Å². The molecule has 114 valence electrons. The van der Waals surface area contributed by atoms with Crippen molar-refractivity contribution in [3.8, 4) is 5.75 Å². The first-order valence-corrected chi connectivity index (χ1v) is 7.71. The predicted molar refractivity (Wildman–Crippen MR) is 87.5 cm³/mol. The number of carbonyl (C=O) groups excluding carboxylic acids is 1. The monoisotopic (exact) mass is 306 g/mol. The third kappa shape index (κ3) is 4.43. The Balaban J connectivity index is 2.07. The minimum Gasteiger partial charge on any atom is -0.497 e. The van der Waals surface area contributed by atoms with Crippen molar-refractivity contribution in [1.29, 1.82) is 0 Å². The molecule has 0 aliphatic heterocycles. The Hall–Kier alpha value is -1.62.